The number of hydrogen-bond acceptors (Lipinski definition) is 4. The lowest BCUT2D eigenvalue weighted by Gasteiger charge is -1.88. The van der Waals surface area contributed by atoms with Crippen LogP contribution in [0.3, 0.4) is 0 Å². The van der Waals surface area contributed by atoms with Gasteiger partial charge in [-0.1, -0.05) is 5.16 Å². The maximum atomic E-state index is 10.9. The number of rotatable bonds is 2. The van der Waals surface area contributed by atoms with Gasteiger partial charge in [0, 0.05) is 12.0 Å². The molecule has 1 fully saturated rings. The van der Waals surface area contributed by atoms with Gasteiger partial charge in [-0.2, -0.15) is 0 Å². The van der Waals surface area contributed by atoms with Gasteiger partial charge in [0.1, 0.15) is 5.76 Å². The highest BCUT2D eigenvalue weighted by Gasteiger charge is 2.28. The van der Waals surface area contributed by atoms with Crippen molar-refractivity contribution in [2.45, 2.75) is 18.8 Å². The molecule has 0 atom stereocenters. The molecule has 1 saturated carbocycles. The van der Waals surface area contributed by atoms with E-state index in [2.05, 4.69) is 5.16 Å². The third kappa shape index (κ3) is 1.18. The van der Waals surface area contributed by atoms with Crippen LogP contribution in [0.15, 0.2) is 10.6 Å². The highest BCUT2D eigenvalue weighted by Crippen LogP contribution is 2.40. The number of nitrogens with zero attached hydrogens (tertiary/aromatic N) is 1. The summed E-state index contributed by atoms with van der Waals surface area (Å²) in [5.74, 6) is 5.77. The lowest BCUT2D eigenvalue weighted by molar-refractivity contribution is 0.0944. The van der Waals surface area contributed by atoms with E-state index in [-0.39, 0.29) is 5.69 Å². The van der Waals surface area contributed by atoms with Gasteiger partial charge < -0.3 is 4.52 Å². The molecule has 12 heavy (non-hydrogen) atoms. The Bertz CT molecular complexity index is 303. The molecular formula is C7H9N3O2. The average molecular weight is 167 g/mol. The molecule has 64 valence electrons. The van der Waals surface area contributed by atoms with E-state index in [1.54, 1.807) is 6.07 Å². The molecule has 5 heteroatoms. The van der Waals surface area contributed by atoms with Crippen molar-refractivity contribution in [1.82, 2.24) is 10.6 Å². The number of carbonyl (C=O) groups is 1. The minimum Gasteiger partial charge on any atom is -0.360 e. The fourth-order valence-corrected chi connectivity index (χ4v) is 1.03. The minimum atomic E-state index is -0.411. The molecule has 0 aromatic carbocycles. The van der Waals surface area contributed by atoms with Crippen LogP contribution in [0.5, 0.6) is 0 Å². The number of nitrogen functional groups attached to an aromatic ring is 1. The van der Waals surface area contributed by atoms with E-state index in [9.17, 15) is 4.79 Å². The minimum absolute atomic E-state index is 0.249. The second-order valence-electron chi connectivity index (χ2n) is 2.86. The smallest absolute Gasteiger partial charge is 0.287 e. The molecule has 1 aliphatic carbocycles. The first-order valence-corrected chi connectivity index (χ1v) is 3.79. The molecule has 0 aliphatic heterocycles. The highest BCUT2D eigenvalue weighted by atomic mass is 16.5. The summed E-state index contributed by atoms with van der Waals surface area (Å²) in [7, 11) is 0. The van der Waals surface area contributed by atoms with E-state index >= 15 is 0 Å². The Labute approximate surface area is 68.9 Å². The Morgan fingerprint density at radius 3 is 3.08 bits per heavy atom. The van der Waals surface area contributed by atoms with Crippen molar-refractivity contribution in [3.8, 4) is 0 Å². The van der Waals surface area contributed by atoms with Crippen molar-refractivity contribution in [2.24, 2.45) is 5.84 Å². The van der Waals surface area contributed by atoms with Crippen LogP contribution in [-0.2, 0) is 0 Å². The molecule has 0 bridgehead atoms. The number of aromatic nitrogens is 1. The fourth-order valence-electron chi connectivity index (χ4n) is 1.03. The van der Waals surface area contributed by atoms with Gasteiger partial charge in [0.15, 0.2) is 5.69 Å². The molecule has 0 radical (unpaired) electrons. The molecule has 0 saturated heterocycles. The van der Waals surface area contributed by atoms with Crippen molar-refractivity contribution >= 4 is 5.91 Å². The van der Waals surface area contributed by atoms with Crippen LogP contribution in [0.2, 0.25) is 0 Å². The Morgan fingerprint density at radius 1 is 1.75 bits per heavy atom. The van der Waals surface area contributed by atoms with Gasteiger partial charge in [-0.05, 0) is 12.8 Å². The van der Waals surface area contributed by atoms with Gasteiger partial charge in [0.2, 0.25) is 0 Å². The molecule has 0 spiro atoms. The Kier molecular flexibility index (Phi) is 1.58. The van der Waals surface area contributed by atoms with Crippen molar-refractivity contribution in [1.29, 1.82) is 0 Å². The second-order valence-corrected chi connectivity index (χ2v) is 2.86. The summed E-state index contributed by atoms with van der Waals surface area (Å²) in [6.07, 6.45) is 2.25. The first-order chi connectivity index (χ1) is 5.81. The zero-order chi connectivity index (χ0) is 8.55. The maximum absolute atomic E-state index is 10.9. The van der Waals surface area contributed by atoms with E-state index in [4.69, 9.17) is 10.4 Å². The van der Waals surface area contributed by atoms with Crippen LogP contribution in [0, 0.1) is 0 Å². The van der Waals surface area contributed by atoms with Crippen molar-refractivity contribution < 1.29 is 9.32 Å². The normalized spacial score (nSPS) is 16.1. The summed E-state index contributed by atoms with van der Waals surface area (Å²) in [4.78, 5) is 10.9. The van der Waals surface area contributed by atoms with Crippen LogP contribution >= 0.6 is 0 Å². The van der Waals surface area contributed by atoms with Crippen molar-refractivity contribution in [3.63, 3.8) is 0 Å². The number of hydrazine groups is 1. The Hall–Kier alpha value is -1.36. The molecule has 2 rings (SSSR count). The summed E-state index contributed by atoms with van der Waals surface area (Å²) >= 11 is 0. The largest absolute Gasteiger partial charge is 0.360 e. The standard InChI is InChI=1S/C7H9N3O2/c8-9-7(11)5-3-6(12-10-5)4-1-2-4/h3-4H,1-2,8H2,(H,9,11). The van der Waals surface area contributed by atoms with E-state index in [0.29, 0.717) is 5.92 Å². The van der Waals surface area contributed by atoms with Gasteiger partial charge in [0.05, 0.1) is 0 Å². The topological polar surface area (TPSA) is 81.1 Å². The summed E-state index contributed by atoms with van der Waals surface area (Å²) < 4.78 is 4.95. The van der Waals surface area contributed by atoms with E-state index in [1.807, 2.05) is 5.43 Å². The van der Waals surface area contributed by atoms with Crippen LogP contribution < -0.4 is 11.3 Å². The van der Waals surface area contributed by atoms with E-state index < -0.39 is 5.91 Å². The Morgan fingerprint density at radius 2 is 2.50 bits per heavy atom. The van der Waals surface area contributed by atoms with Crippen molar-refractivity contribution in [2.75, 3.05) is 0 Å². The second kappa shape index (κ2) is 2.60. The SMILES string of the molecule is NNC(=O)c1cc(C2CC2)on1. The molecule has 1 amide bonds. The van der Waals surface area contributed by atoms with Crippen LogP contribution in [0.25, 0.3) is 0 Å². The third-order valence-electron chi connectivity index (χ3n) is 1.87. The zero-order valence-corrected chi connectivity index (χ0v) is 6.41. The number of nitrogens with one attached hydrogen (secondary N) is 1. The predicted octanol–water partition coefficient (Wildman–Crippen LogP) is 0.155. The maximum Gasteiger partial charge on any atom is 0.287 e. The summed E-state index contributed by atoms with van der Waals surface area (Å²) in [6.45, 7) is 0. The molecule has 3 N–H and O–H groups in total. The molecule has 1 heterocycles. The predicted molar refractivity (Wildman–Crippen MR) is 40.1 cm³/mol. The van der Waals surface area contributed by atoms with Crippen LogP contribution in [-0.4, -0.2) is 11.1 Å². The van der Waals surface area contributed by atoms with Crippen LogP contribution in [0.1, 0.15) is 35.0 Å². The summed E-state index contributed by atoms with van der Waals surface area (Å²) in [5, 5.41) is 3.58. The van der Waals surface area contributed by atoms with Gasteiger partial charge in [-0.25, -0.2) is 5.84 Å². The fraction of sp³-hybridized carbons (Fsp3) is 0.429. The van der Waals surface area contributed by atoms with E-state index in [0.717, 1.165) is 18.6 Å². The van der Waals surface area contributed by atoms with Gasteiger partial charge in [0.25, 0.3) is 5.91 Å². The molecule has 5 nitrogen and oxygen atoms in total. The zero-order valence-electron chi connectivity index (χ0n) is 6.41. The molecule has 1 aromatic heterocycles. The van der Waals surface area contributed by atoms with Gasteiger partial charge in [-0.15, -0.1) is 0 Å². The lowest BCUT2D eigenvalue weighted by Crippen LogP contribution is -2.30. The summed E-state index contributed by atoms with van der Waals surface area (Å²) in [6, 6.07) is 1.64. The average Bonchev–Trinajstić information content (AvgIpc) is 2.83. The summed E-state index contributed by atoms with van der Waals surface area (Å²) in [5.41, 5.74) is 2.24. The van der Waals surface area contributed by atoms with E-state index in [1.165, 1.54) is 0 Å². The molecule has 1 aromatic rings. The first kappa shape index (κ1) is 7.30. The molecule has 1 aliphatic rings. The highest BCUT2D eigenvalue weighted by molar-refractivity contribution is 5.91. The molecular weight excluding hydrogens is 158 g/mol. The number of hydrogen-bond donors (Lipinski definition) is 2. The molecule has 0 unspecified atom stereocenters. The quantitative estimate of drug-likeness (QED) is 0.373. The number of carbonyl (C=O) groups excluding carboxylic acids is 1. The first-order valence-electron chi connectivity index (χ1n) is 3.79. The van der Waals surface area contributed by atoms with Crippen molar-refractivity contribution in [3.05, 3.63) is 17.5 Å². The monoisotopic (exact) mass is 167 g/mol. The van der Waals surface area contributed by atoms with Gasteiger partial charge >= 0.3 is 0 Å². The number of nitrogens with two attached hydrogens (primary N) is 1. The van der Waals surface area contributed by atoms with Gasteiger partial charge in [-0.3, -0.25) is 10.2 Å². The third-order valence-corrected chi connectivity index (χ3v) is 1.87. The lowest BCUT2D eigenvalue weighted by atomic mass is 10.3. The number of amides is 1. The Balaban J connectivity index is 2.17. The van der Waals surface area contributed by atoms with Crippen LogP contribution in [0.4, 0.5) is 0 Å².